The monoisotopic (exact) mass is 299 g/mol. The molecule has 1 saturated heterocycles. The molecule has 2 heterocycles. The van der Waals surface area contributed by atoms with Crippen molar-refractivity contribution >= 4 is 16.8 Å². The molecule has 1 N–H and O–H groups in total. The number of hydrogen-bond acceptors (Lipinski definition) is 3. The SMILES string of the molecule is Cn1c(=O)n(C2CCCNC2)c2cccc(C3CC(=O)C3)c21. The zero-order valence-electron chi connectivity index (χ0n) is 12.8. The Labute approximate surface area is 128 Å². The Bertz CT molecular complexity index is 788. The Hall–Kier alpha value is -1.88. The summed E-state index contributed by atoms with van der Waals surface area (Å²) in [5.41, 5.74) is 3.23. The number of piperidine rings is 1. The number of hydrogen-bond donors (Lipinski definition) is 1. The zero-order valence-corrected chi connectivity index (χ0v) is 12.8. The van der Waals surface area contributed by atoms with E-state index >= 15 is 0 Å². The van der Waals surface area contributed by atoms with Crippen LogP contribution in [0.4, 0.5) is 0 Å². The first-order valence-corrected chi connectivity index (χ1v) is 8.09. The Morgan fingerprint density at radius 1 is 1.23 bits per heavy atom. The minimum Gasteiger partial charge on any atom is -0.315 e. The van der Waals surface area contributed by atoms with Crippen molar-refractivity contribution < 1.29 is 4.79 Å². The highest BCUT2D eigenvalue weighted by molar-refractivity contribution is 5.89. The van der Waals surface area contributed by atoms with Crippen molar-refractivity contribution in [3.8, 4) is 0 Å². The van der Waals surface area contributed by atoms with Gasteiger partial charge in [0.15, 0.2) is 0 Å². The fraction of sp³-hybridized carbons (Fsp3) is 0.529. The molecule has 1 aromatic carbocycles. The first kappa shape index (κ1) is 13.8. The van der Waals surface area contributed by atoms with Gasteiger partial charge in [0.25, 0.3) is 0 Å². The van der Waals surface area contributed by atoms with Crippen LogP contribution in [0, 0.1) is 0 Å². The number of imidazole rings is 1. The van der Waals surface area contributed by atoms with Crippen molar-refractivity contribution in [2.75, 3.05) is 13.1 Å². The number of carbonyl (C=O) groups excluding carboxylic acids is 1. The molecule has 2 aromatic rings. The van der Waals surface area contributed by atoms with Crippen LogP contribution in [-0.2, 0) is 11.8 Å². The number of ketones is 1. The summed E-state index contributed by atoms with van der Waals surface area (Å²) in [4.78, 5) is 24.1. The summed E-state index contributed by atoms with van der Waals surface area (Å²) in [6.07, 6.45) is 3.37. The summed E-state index contributed by atoms with van der Waals surface area (Å²) in [6, 6.07) is 6.35. The van der Waals surface area contributed by atoms with E-state index in [1.807, 2.05) is 23.7 Å². The van der Waals surface area contributed by atoms with E-state index in [0.29, 0.717) is 18.6 Å². The first-order chi connectivity index (χ1) is 10.7. The molecule has 1 saturated carbocycles. The molecular weight excluding hydrogens is 278 g/mol. The molecule has 1 aliphatic heterocycles. The number of Topliss-reactive ketones (excluding diaryl/α,β-unsaturated/α-hetero) is 1. The van der Waals surface area contributed by atoms with Crippen LogP contribution in [0.1, 0.15) is 43.2 Å². The third-order valence-corrected chi connectivity index (χ3v) is 5.16. The minimum atomic E-state index is 0.0572. The smallest absolute Gasteiger partial charge is 0.315 e. The summed E-state index contributed by atoms with van der Waals surface area (Å²) < 4.78 is 3.72. The van der Waals surface area contributed by atoms with Crippen molar-refractivity contribution in [2.45, 2.75) is 37.6 Å². The van der Waals surface area contributed by atoms with Gasteiger partial charge in [-0.25, -0.2) is 4.79 Å². The highest BCUT2D eigenvalue weighted by atomic mass is 16.1. The van der Waals surface area contributed by atoms with E-state index < -0.39 is 0 Å². The molecule has 1 aromatic heterocycles. The van der Waals surface area contributed by atoms with Gasteiger partial charge in [-0.1, -0.05) is 12.1 Å². The lowest BCUT2D eigenvalue weighted by atomic mass is 9.78. The molecule has 1 unspecified atom stereocenters. The van der Waals surface area contributed by atoms with E-state index in [2.05, 4.69) is 11.4 Å². The van der Waals surface area contributed by atoms with Crippen molar-refractivity contribution in [2.24, 2.45) is 7.05 Å². The van der Waals surface area contributed by atoms with Gasteiger partial charge in [0.2, 0.25) is 0 Å². The average Bonchev–Trinajstić information content (AvgIpc) is 2.77. The number of nitrogens with zero attached hydrogens (tertiary/aromatic N) is 2. The molecule has 0 spiro atoms. The molecule has 0 bridgehead atoms. The Kier molecular flexibility index (Phi) is 3.18. The van der Waals surface area contributed by atoms with Crippen LogP contribution in [0.5, 0.6) is 0 Å². The fourth-order valence-corrected chi connectivity index (χ4v) is 3.91. The van der Waals surface area contributed by atoms with E-state index in [1.54, 1.807) is 4.57 Å². The van der Waals surface area contributed by atoms with Gasteiger partial charge in [-0.2, -0.15) is 0 Å². The summed E-state index contributed by atoms with van der Waals surface area (Å²) in [6.45, 7) is 1.89. The number of nitrogens with one attached hydrogen (secondary N) is 1. The predicted molar refractivity (Wildman–Crippen MR) is 85.3 cm³/mol. The molecular formula is C17H21N3O2. The molecule has 22 heavy (non-hydrogen) atoms. The number of carbonyl (C=O) groups is 1. The van der Waals surface area contributed by atoms with Gasteiger partial charge in [0.05, 0.1) is 17.1 Å². The Morgan fingerprint density at radius 2 is 2.05 bits per heavy atom. The lowest BCUT2D eigenvalue weighted by Gasteiger charge is -2.26. The largest absolute Gasteiger partial charge is 0.329 e. The molecule has 5 heteroatoms. The van der Waals surface area contributed by atoms with Crippen LogP contribution in [0.15, 0.2) is 23.0 Å². The maximum atomic E-state index is 12.8. The molecule has 4 rings (SSSR count). The molecule has 2 aliphatic rings. The predicted octanol–water partition coefficient (Wildman–Crippen LogP) is 1.71. The van der Waals surface area contributed by atoms with Crippen LogP contribution in [0.3, 0.4) is 0 Å². The van der Waals surface area contributed by atoms with Crippen molar-refractivity contribution in [3.63, 3.8) is 0 Å². The molecule has 2 fully saturated rings. The Morgan fingerprint density at radius 3 is 2.73 bits per heavy atom. The maximum Gasteiger partial charge on any atom is 0.329 e. The van der Waals surface area contributed by atoms with Crippen LogP contribution in [0.2, 0.25) is 0 Å². The topological polar surface area (TPSA) is 56.0 Å². The van der Waals surface area contributed by atoms with Crippen molar-refractivity contribution in [1.29, 1.82) is 0 Å². The lowest BCUT2D eigenvalue weighted by molar-refractivity contribution is -0.124. The summed E-state index contributed by atoms with van der Waals surface area (Å²) in [5.74, 6) is 0.602. The molecule has 116 valence electrons. The highest BCUT2D eigenvalue weighted by Gasteiger charge is 2.31. The van der Waals surface area contributed by atoms with Crippen LogP contribution >= 0.6 is 0 Å². The number of aromatic nitrogens is 2. The van der Waals surface area contributed by atoms with Gasteiger partial charge in [0, 0.05) is 26.4 Å². The van der Waals surface area contributed by atoms with Crippen LogP contribution in [-0.4, -0.2) is 28.0 Å². The second kappa shape index (κ2) is 5.09. The minimum absolute atomic E-state index is 0.0572. The van der Waals surface area contributed by atoms with Gasteiger partial charge >= 0.3 is 5.69 Å². The van der Waals surface area contributed by atoms with Gasteiger partial charge in [-0.3, -0.25) is 13.9 Å². The van der Waals surface area contributed by atoms with Crippen molar-refractivity contribution in [1.82, 2.24) is 14.5 Å². The number of aryl methyl sites for hydroxylation is 1. The number of fused-ring (bicyclic) bond motifs is 1. The summed E-state index contributed by atoms with van der Waals surface area (Å²) in [7, 11) is 1.85. The van der Waals surface area contributed by atoms with Gasteiger partial charge in [0.1, 0.15) is 5.78 Å². The van der Waals surface area contributed by atoms with Crippen LogP contribution < -0.4 is 11.0 Å². The van der Waals surface area contributed by atoms with E-state index in [-0.39, 0.29) is 17.6 Å². The van der Waals surface area contributed by atoms with Gasteiger partial charge in [-0.05, 0) is 36.9 Å². The fourth-order valence-electron chi connectivity index (χ4n) is 3.91. The van der Waals surface area contributed by atoms with Crippen LogP contribution in [0.25, 0.3) is 11.0 Å². The molecule has 0 amide bonds. The number of benzene rings is 1. The quantitative estimate of drug-likeness (QED) is 0.918. The third kappa shape index (κ3) is 1.96. The third-order valence-electron chi connectivity index (χ3n) is 5.16. The maximum absolute atomic E-state index is 12.8. The summed E-state index contributed by atoms with van der Waals surface area (Å²) >= 11 is 0. The molecule has 1 atom stereocenters. The second-order valence-corrected chi connectivity index (χ2v) is 6.57. The first-order valence-electron chi connectivity index (χ1n) is 8.09. The average molecular weight is 299 g/mol. The zero-order chi connectivity index (χ0) is 15.3. The highest BCUT2D eigenvalue weighted by Crippen LogP contribution is 2.37. The van der Waals surface area contributed by atoms with E-state index in [1.165, 1.54) is 0 Å². The Balaban J connectivity index is 1.88. The molecule has 5 nitrogen and oxygen atoms in total. The summed E-state index contributed by atoms with van der Waals surface area (Å²) in [5, 5.41) is 3.39. The number of rotatable bonds is 2. The van der Waals surface area contributed by atoms with E-state index in [0.717, 1.165) is 42.5 Å². The van der Waals surface area contributed by atoms with E-state index in [4.69, 9.17) is 0 Å². The van der Waals surface area contributed by atoms with E-state index in [9.17, 15) is 9.59 Å². The van der Waals surface area contributed by atoms with Gasteiger partial charge in [-0.15, -0.1) is 0 Å². The van der Waals surface area contributed by atoms with Gasteiger partial charge < -0.3 is 5.32 Å². The number of para-hydroxylation sites is 1. The van der Waals surface area contributed by atoms with Crippen molar-refractivity contribution in [3.05, 3.63) is 34.2 Å². The lowest BCUT2D eigenvalue weighted by Crippen LogP contribution is -2.36. The normalized spacial score (nSPS) is 23.0. The second-order valence-electron chi connectivity index (χ2n) is 6.57. The molecule has 0 radical (unpaired) electrons. The standard InChI is InChI=1S/C17H21N3O2/c1-19-16-14(11-8-13(21)9-11)5-2-6-15(16)20(17(19)22)12-4-3-7-18-10-12/h2,5-6,11-12,18H,3-4,7-10H2,1H3. The molecule has 1 aliphatic carbocycles.